The highest BCUT2D eigenvalue weighted by Crippen LogP contribution is 2.26. The summed E-state index contributed by atoms with van der Waals surface area (Å²) in [5.74, 6) is 0.709. The Labute approximate surface area is 145 Å². The largest absolute Gasteiger partial charge is 0.312 e. The molecule has 2 N–H and O–H groups in total. The van der Waals surface area contributed by atoms with E-state index in [1.807, 2.05) is 30.3 Å². The number of halogens is 1. The Morgan fingerprint density at radius 3 is 2.77 bits per heavy atom. The minimum Gasteiger partial charge on any atom is -0.312 e. The zero-order chi connectivity index (χ0) is 15.5. The molecule has 0 spiro atoms. The van der Waals surface area contributed by atoms with E-state index >= 15 is 0 Å². The average Bonchev–Trinajstić information content (AvgIpc) is 3.00. The van der Waals surface area contributed by atoms with Crippen LogP contribution in [0.25, 0.3) is 10.8 Å². The van der Waals surface area contributed by atoms with Crippen molar-refractivity contribution < 1.29 is 4.79 Å². The molecule has 0 aliphatic carbocycles. The van der Waals surface area contributed by atoms with Crippen LogP contribution in [0.4, 0.5) is 0 Å². The summed E-state index contributed by atoms with van der Waals surface area (Å²) in [6.45, 7) is 0.779. The molecule has 0 radical (unpaired) electrons. The van der Waals surface area contributed by atoms with Crippen molar-refractivity contribution in [3.8, 4) is 0 Å². The van der Waals surface area contributed by atoms with Gasteiger partial charge in [-0.3, -0.25) is 15.1 Å². The third kappa shape index (κ3) is 3.31. The number of aliphatic imine (C=N–C) groups is 1. The summed E-state index contributed by atoms with van der Waals surface area (Å²) in [5, 5.41) is 8.54. The highest BCUT2D eigenvalue weighted by atomic mass is 79.9. The van der Waals surface area contributed by atoms with Crippen LogP contribution >= 0.6 is 39.9 Å². The van der Waals surface area contributed by atoms with Gasteiger partial charge in [-0.05, 0) is 35.1 Å². The second kappa shape index (κ2) is 6.76. The van der Waals surface area contributed by atoms with Crippen LogP contribution in [0.3, 0.4) is 0 Å². The smallest absolute Gasteiger partial charge is 0.258 e. The number of benzene rings is 2. The van der Waals surface area contributed by atoms with Gasteiger partial charge in [-0.2, -0.15) is 0 Å². The molecule has 1 amide bonds. The van der Waals surface area contributed by atoms with Crippen LogP contribution in [-0.2, 0) is 0 Å². The van der Waals surface area contributed by atoms with Gasteiger partial charge in [0, 0.05) is 15.8 Å². The van der Waals surface area contributed by atoms with Gasteiger partial charge in [0.05, 0.1) is 6.54 Å². The fraction of sp³-hybridized carbons (Fsp3) is 0.133. The van der Waals surface area contributed by atoms with Gasteiger partial charge < -0.3 is 5.32 Å². The monoisotopic (exact) mass is 393 g/mol. The maximum atomic E-state index is 12.5. The summed E-state index contributed by atoms with van der Waals surface area (Å²) >= 11 is 10.3. The highest BCUT2D eigenvalue weighted by molar-refractivity contribution is 9.10. The number of amides is 1. The summed E-state index contributed by atoms with van der Waals surface area (Å²) in [6.07, 6.45) is 0. The Balaban J connectivity index is 1.80. The molecule has 4 nitrogen and oxygen atoms in total. The van der Waals surface area contributed by atoms with Gasteiger partial charge in [-0.15, -0.1) is 0 Å². The van der Waals surface area contributed by atoms with Crippen molar-refractivity contribution in [2.75, 3.05) is 12.3 Å². The summed E-state index contributed by atoms with van der Waals surface area (Å²) in [7, 11) is 0. The first-order valence-corrected chi connectivity index (χ1v) is 8.80. The van der Waals surface area contributed by atoms with Crippen molar-refractivity contribution in [2.24, 2.45) is 4.99 Å². The first kappa shape index (κ1) is 15.5. The predicted molar refractivity (Wildman–Crippen MR) is 99.6 cm³/mol. The number of thiocarbonyl (C=S) groups is 1. The Hall–Kier alpha value is -1.44. The molecule has 7 heteroatoms. The lowest BCUT2D eigenvalue weighted by Gasteiger charge is -2.11. The fourth-order valence-electron chi connectivity index (χ4n) is 2.18. The molecular weight excluding hydrogens is 382 g/mol. The van der Waals surface area contributed by atoms with E-state index in [-0.39, 0.29) is 11.0 Å². The molecule has 0 aromatic heterocycles. The number of amidine groups is 1. The van der Waals surface area contributed by atoms with Gasteiger partial charge in [0.2, 0.25) is 0 Å². The highest BCUT2D eigenvalue weighted by Gasteiger charge is 2.14. The number of hydrogen-bond acceptors (Lipinski definition) is 4. The van der Waals surface area contributed by atoms with E-state index in [2.05, 4.69) is 31.6 Å². The minimum atomic E-state index is -0.232. The molecule has 0 atom stereocenters. The van der Waals surface area contributed by atoms with Crippen LogP contribution in [0.2, 0.25) is 0 Å². The molecule has 1 aliphatic rings. The van der Waals surface area contributed by atoms with Gasteiger partial charge in [-0.1, -0.05) is 52.0 Å². The Kier molecular flexibility index (Phi) is 4.75. The summed E-state index contributed by atoms with van der Waals surface area (Å²) in [5.41, 5.74) is 0.587. The first-order valence-electron chi connectivity index (χ1n) is 6.62. The van der Waals surface area contributed by atoms with E-state index in [1.165, 1.54) is 0 Å². The van der Waals surface area contributed by atoms with Gasteiger partial charge in [0.25, 0.3) is 5.91 Å². The lowest BCUT2D eigenvalue weighted by Crippen LogP contribution is -2.41. The topological polar surface area (TPSA) is 53.5 Å². The van der Waals surface area contributed by atoms with Crippen molar-refractivity contribution >= 4 is 66.9 Å². The second-order valence-corrected chi connectivity index (χ2v) is 6.93. The molecule has 2 aromatic carbocycles. The number of carbonyl (C=O) groups is 1. The summed E-state index contributed by atoms with van der Waals surface area (Å²) in [4.78, 5) is 16.7. The first-order chi connectivity index (χ1) is 10.6. The fourth-order valence-corrected chi connectivity index (χ4v) is 3.66. The predicted octanol–water partition coefficient (Wildman–Crippen LogP) is 3.31. The molecule has 2 aromatic rings. The molecule has 112 valence electrons. The second-order valence-electron chi connectivity index (χ2n) is 4.58. The number of hydrogen-bond donors (Lipinski definition) is 2. The summed E-state index contributed by atoms with van der Waals surface area (Å²) < 4.78 is 0.956. The van der Waals surface area contributed by atoms with E-state index in [1.54, 1.807) is 17.8 Å². The minimum absolute atomic E-state index is 0.232. The van der Waals surface area contributed by atoms with E-state index in [0.29, 0.717) is 5.56 Å². The maximum Gasteiger partial charge on any atom is 0.258 e. The number of thioether (sulfide) groups is 1. The van der Waals surface area contributed by atoms with Gasteiger partial charge in [0.15, 0.2) is 10.3 Å². The lowest BCUT2D eigenvalue weighted by atomic mass is 10.0. The Morgan fingerprint density at radius 2 is 2.00 bits per heavy atom. The zero-order valence-electron chi connectivity index (χ0n) is 11.4. The number of rotatable bonds is 1. The standard InChI is InChI=1S/C15H12BrN3OS2/c16-12-6-2-3-9-10(12)4-1-5-11(9)13(20)18-14(21)19-15-17-7-8-22-15/h1-6H,7-8H2,(H2,17,18,19,20,21). The SMILES string of the molecule is O=C(NC(=S)NC1=NCCS1)c1cccc2c(Br)cccc12. The van der Waals surface area contributed by atoms with Crippen molar-refractivity contribution in [2.45, 2.75) is 0 Å². The maximum absolute atomic E-state index is 12.5. The molecular formula is C15H12BrN3OS2. The van der Waals surface area contributed by atoms with Gasteiger partial charge in [0.1, 0.15) is 0 Å². The molecule has 0 bridgehead atoms. The summed E-state index contributed by atoms with van der Waals surface area (Å²) in [6, 6.07) is 11.4. The molecule has 22 heavy (non-hydrogen) atoms. The molecule has 0 saturated heterocycles. The van der Waals surface area contributed by atoms with Crippen molar-refractivity contribution in [1.82, 2.24) is 10.6 Å². The van der Waals surface area contributed by atoms with Crippen molar-refractivity contribution in [3.05, 3.63) is 46.4 Å². The quantitative estimate of drug-likeness (QED) is 0.729. The number of carbonyl (C=O) groups excluding carboxylic acids is 1. The van der Waals surface area contributed by atoms with Crippen molar-refractivity contribution in [3.63, 3.8) is 0 Å². The molecule has 0 unspecified atom stereocenters. The van der Waals surface area contributed by atoms with Crippen LogP contribution in [0.5, 0.6) is 0 Å². The third-order valence-electron chi connectivity index (χ3n) is 3.15. The van der Waals surface area contributed by atoms with Crippen LogP contribution in [0.1, 0.15) is 10.4 Å². The zero-order valence-corrected chi connectivity index (χ0v) is 14.6. The van der Waals surface area contributed by atoms with Crippen LogP contribution in [0.15, 0.2) is 45.9 Å². The Bertz CT molecular complexity index is 791. The third-order valence-corrected chi connectivity index (χ3v) is 4.93. The van der Waals surface area contributed by atoms with E-state index in [9.17, 15) is 4.79 Å². The number of nitrogens with zero attached hydrogens (tertiary/aromatic N) is 1. The van der Waals surface area contributed by atoms with Gasteiger partial charge in [-0.25, -0.2) is 0 Å². The molecule has 1 heterocycles. The van der Waals surface area contributed by atoms with Crippen LogP contribution in [-0.4, -0.2) is 28.5 Å². The van der Waals surface area contributed by atoms with Crippen LogP contribution < -0.4 is 10.6 Å². The van der Waals surface area contributed by atoms with E-state index in [4.69, 9.17) is 12.2 Å². The Morgan fingerprint density at radius 1 is 1.23 bits per heavy atom. The van der Waals surface area contributed by atoms with Crippen LogP contribution in [0, 0.1) is 0 Å². The number of nitrogens with one attached hydrogen (secondary N) is 2. The van der Waals surface area contributed by atoms with E-state index in [0.717, 1.165) is 32.7 Å². The van der Waals surface area contributed by atoms with Gasteiger partial charge >= 0.3 is 0 Å². The molecule has 3 rings (SSSR count). The average molecular weight is 394 g/mol. The number of fused-ring (bicyclic) bond motifs is 1. The van der Waals surface area contributed by atoms with E-state index < -0.39 is 0 Å². The molecule has 0 saturated carbocycles. The lowest BCUT2D eigenvalue weighted by molar-refractivity contribution is 0.0978. The van der Waals surface area contributed by atoms with Crippen molar-refractivity contribution in [1.29, 1.82) is 0 Å². The molecule has 0 fully saturated rings. The molecule has 1 aliphatic heterocycles. The normalized spacial score (nSPS) is 13.8.